The van der Waals surface area contributed by atoms with Gasteiger partial charge in [0.25, 0.3) is 10.0 Å². The SMILES string of the molecule is CC(C)(C)c1ccc(S(=O)(=O)Nc2ccc([O-])c(C(=O)O)c2)cc1. The molecule has 0 heterocycles. The molecule has 0 unspecified atom stereocenters. The van der Waals surface area contributed by atoms with E-state index in [2.05, 4.69) is 4.72 Å². The van der Waals surface area contributed by atoms with Crippen molar-refractivity contribution in [2.45, 2.75) is 31.1 Å². The summed E-state index contributed by atoms with van der Waals surface area (Å²) in [6.07, 6.45) is 0. The number of carbonyl (C=O) groups is 1. The number of nitrogens with one attached hydrogen (secondary N) is 1. The van der Waals surface area contributed by atoms with Gasteiger partial charge in [-0.1, -0.05) is 44.7 Å². The highest BCUT2D eigenvalue weighted by Gasteiger charge is 2.18. The zero-order chi connectivity index (χ0) is 18.1. The predicted molar refractivity (Wildman–Crippen MR) is 88.8 cm³/mol. The molecular weight excluding hydrogens is 330 g/mol. The molecule has 24 heavy (non-hydrogen) atoms. The summed E-state index contributed by atoms with van der Waals surface area (Å²) >= 11 is 0. The van der Waals surface area contributed by atoms with Gasteiger partial charge < -0.3 is 10.2 Å². The lowest BCUT2D eigenvalue weighted by molar-refractivity contribution is -0.268. The van der Waals surface area contributed by atoms with Crippen molar-refractivity contribution in [2.75, 3.05) is 4.72 Å². The van der Waals surface area contributed by atoms with Gasteiger partial charge in [0.1, 0.15) is 0 Å². The summed E-state index contributed by atoms with van der Waals surface area (Å²) in [6, 6.07) is 9.70. The van der Waals surface area contributed by atoms with Gasteiger partial charge in [0.2, 0.25) is 0 Å². The first kappa shape index (κ1) is 17.8. The topological polar surface area (TPSA) is 107 Å². The highest BCUT2D eigenvalue weighted by Crippen LogP contribution is 2.25. The van der Waals surface area contributed by atoms with Crippen molar-refractivity contribution in [1.29, 1.82) is 0 Å². The predicted octanol–water partition coefficient (Wildman–Crippen LogP) is 2.56. The second-order valence-electron chi connectivity index (χ2n) is 6.40. The first-order chi connectivity index (χ1) is 11.0. The molecule has 0 saturated carbocycles. The molecule has 0 aliphatic heterocycles. The van der Waals surface area contributed by atoms with Crippen molar-refractivity contribution in [2.24, 2.45) is 0 Å². The van der Waals surface area contributed by atoms with Gasteiger partial charge in [-0.15, -0.1) is 0 Å². The van der Waals surface area contributed by atoms with Crippen LogP contribution in [0.4, 0.5) is 5.69 Å². The van der Waals surface area contributed by atoms with Crippen LogP contribution in [0.3, 0.4) is 0 Å². The fourth-order valence-corrected chi connectivity index (χ4v) is 3.16. The molecule has 2 rings (SSSR count). The molecule has 7 heteroatoms. The van der Waals surface area contributed by atoms with Crippen LogP contribution in [0.5, 0.6) is 5.75 Å². The maximum Gasteiger partial charge on any atom is 0.335 e. The van der Waals surface area contributed by atoms with E-state index in [1.807, 2.05) is 20.8 Å². The Morgan fingerprint density at radius 2 is 1.67 bits per heavy atom. The summed E-state index contributed by atoms with van der Waals surface area (Å²) in [4.78, 5) is 11.0. The van der Waals surface area contributed by atoms with E-state index < -0.39 is 27.3 Å². The molecule has 0 fully saturated rings. The van der Waals surface area contributed by atoms with E-state index in [1.54, 1.807) is 12.1 Å². The van der Waals surface area contributed by atoms with Crippen molar-refractivity contribution >= 4 is 21.7 Å². The van der Waals surface area contributed by atoms with Gasteiger partial charge in [0.05, 0.1) is 10.5 Å². The van der Waals surface area contributed by atoms with Gasteiger partial charge in [-0.3, -0.25) is 4.72 Å². The van der Waals surface area contributed by atoms with Crippen LogP contribution in [0.15, 0.2) is 47.4 Å². The van der Waals surface area contributed by atoms with Crippen molar-refractivity contribution in [3.05, 3.63) is 53.6 Å². The lowest BCUT2D eigenvalue weighted by Gasteiger charge is -2.19. The van der Waals surface area contributed by atoms with Gasteiger partial charge in [-0.05, 0) is 35.2 Å². The van der Waals surface area contributed by atoms with Crippen molar-refractivity contribution < 1.29 is 23.4 Å². The maximum atomic E-state index is 12.4. The molecule has 0 radical (unpaired) electrons. The van der Waals surface area contributed by atoms with Gasteiger partial charge >= 0.3 is 5.97 Å². The molecule has 0 atom stereocenters. The lowest BCUT2D eigenvalue weighted by atomic mass is 9.87. The Kier molecular flexibility index (Phi) is 4.57. The Morgan fingerprint density at radius 1 is 1.08 bits per heavy atom. The van der Waals surface area contributed by atoms with Crippen molar-refractivity contribution in [3.63, 3.8) is 0 Å². The standard InChI is InChI=1S/C17H19NO5S/c1-17(2,3)11-4-7-13(8-5-11)24(22,23)18-12-6-9-15(19)14(10-12)16(20)21/h4-10,18-19H,1-3H3,(H,20,21)/p-1. The number of anilines is 1. The molecule has 0 bridgehead atoms. The number of benzene rings is 2. The average molecular weight is 348 g/mol. The van der Waals surface area contributed by atoms with Crippen molar-refractivity contribution in [3.8, 4) is 5.75 Å². The number of sulfonamides is 1. The van der Waals surface area contributed by atoms with E-state index in [4.69, 9.17) is 5.11 Å². The Hall–Kier alpha value is -2.54. The maximum absolute atomic E-state index is 12.4. The van der Waals surface area contributed by atoms with E-state index >= 15 is 0 Å². The third-order valence-electron chi connectivity index (χ3n) is 3.49. The molecule has 0 saturated heterocycles. The van der Waals surface area contributed by atoms with Gasteiger partial charge in [0, 0.05) is 5.69 Å². The second kappa shape index (κ2) is 6.16. The van der Waals surface area contributed by atoms with Gasteiger partial charge in [-0.25, -0.2) is 13.2 Å². The Balaban J connectivity index is 2.32. The average Bonchev–Trinajstić information content (AvgIpc) is 2.48. The molecule has 0 aliphatic carbocycles. The Morgan fingerprint density at radius 3 is 2.17 bits per heavy atom. The quantitative estimate of drug-likeness (QED) is 0.883. The number of carboxylic acids is 1. The molecule has 0 aliphatic rings. The normalized spacial score (nSPS) is 12.0. The van der Waals surface area contributed by atoms with E-state index in [9.17, 15) is 18.3 Å². The summed E-state index contributed by atoms with van der Waals surface area (Å²) in [6.45, 7) is 6.06. The van der Waals surface area contributed by atoms with E-state index in [0.717, 1.165) is 17.7 Å². The van der Waals surface area contributed by atoms with E-state index in [1.165, 1.54) is 18.2 Å². The molecule has 6 nitrogen and oxygen atoms in total. The Bertz CT molecular complexity index is 865. The fraction of sp³-hybridized carbons (Fsp3) is 0.235. The van der Waals surface area contributed by atoms with E-state index in [0.29, 0.717) is 0 Å². The summed E-state index contributed by atoms with van der Waals surface area (Å²) in [5.74, 6) is -2.09. The van der Waals surface area contributed by atoms with E-state index in [-0.39, 0.29) is 16.0 Å². The minimum absolute atomic E-state index is 0.0203. The second-order valence-corrected chi connectivity index (χ2v) is 8.08. The molecule has 2 aromatic carbocycles. The summed E-state index contributed by atoms with van der Waals surface area (Å²) < 4.78 is 27.1. The Labute approximate surface area is 140 Å². The largest absolute Gasteiger partial charge is 0.872 e. The molecular formula is C17H18NO5S-. The lowest BCUT2D eigenvalue weighted by Crippen LogP contribution is -2.15. The smallest absolute Gasteiger partial charge is 0.335 e. The fourth-order valence-electron chi connectivity index (χ4n) is 2.11. The zero-order valence-corrected chi connectivity index (χ0v) is 14.3. The molecule has 0 aromatic heterocycles. The zero-order valence-electron chi connectivity index (χ0n) is 13.5. The van der Waals surface area contributed by atoms with Crippen LogP contribution in [-0.4, -0.2) is 19.5 Å². The monoisotopic (exact) mass is 348 g/mol. The molecule has 2 N–H and O–H groups in total. The highest BCUT2D eigenvalue weighted by molar-refractivity contribution is 7.92. The third kappa shape index (κ3) is 3.86. The van der Waals surface area contributed by atoms with Crippen LogP contribution < -0.4 is 9.83 Å². The third-order valence-corrected chi connectivity index (χ3v) is 4.89. The van der Waals surface area contributed by atoms with Crippen LogP contribution in [0.1, 0.15) is 36.7 Å². The summed E-state index contributed by atoms with van der Waals surface area (Å²) in [7, 11) is -3.88. The molecule has 128 valence electrons. The molecule has 0 spiro atoms. The number of aromatic carboxylic acids is 1. The minimum Gasteiger partial charge on any atom is -0.872 e. The number of rotatable bonds is 4. The van der Waals surface area contributed by atoms with Gasteiger partial charge in [-0.2, -0.15) is 0 Å². The number of hydrogen-bond donors (Lipinski definition) is 2. The van der Waals surface area contributed by atoms with Crippen LogP contribution in [-0.2, 0) is 15.4 Å². The van der Waals surface area contributed by atoms with Crippen LogP contribution in [0.2, 0.25) is 0 Å². The highest BCUT2D eigenvalue weighted by atomic mass is 32.2. The first-order valence-corrected chi connectivity index (χ1v) is 8.67. The van der Waals surface area contributed by atoms with Crippen LogP contribution in [0.25, 0.3) is 0 Å². The molecule has 2 aromatic rings. The van der Waals surface area contributed by atoms with Crippen molar-refractivity contribution in [1.82, 2.24) is 0 Å². The van der Waals surface area contributed by atoms with Gasteiger partial charge in [0.15, 0.2) is 0 Å². The minimum atomic E-state index is -3.88. The summed E-state index contributed by atoms with van der Waals surface area (Å²) in [5.41, 5.74) is 0.422. The summed E-state index contributed by atoms with van der Waals surface area (Å²) in [5, 5.41) is 20.4. The number of carboxylic acid groups (broad SMARTS) is 1. The first-order valence-electron chi connectivity index (χ1n) is 7.18. The van der Waals surface area contributed by atoms with Crippen LogP contribution >= 0.6 is 0 Å². The molecule has 0 amide bonds. The van der Waals surface area contributed by atoms with Crippen LogP contribution in [0, 0.1) is 0 Å². The number of hydrogen-bond acceptors (Lipinski definition) is 4.